The zero-order valence-electron chi connectivity index (χ0n) is 18.7. The first kappa shape index (κ1) is 24.8. The summed E-state index contributed by atoms with van der Waals surface area (Å²) in [5.74, 6) is 0.140. The molecule has 0 spiro atoms. The Bertz CT molecular complexity index is 1340. The van der Waals surface area contributed by atoms with Crippen LogP contribution in [-0.2, 0) is 16.9 Å². The van der Waals surface area contributed by atoms with Gasteiger partial charge in [-0.2, -0.15) is 5.10 Å². The number of hydrogen-bond donors (Lipinski definition) is 0. The first-order valence-corrected chi connectivity index (χ1v) is 12.5. The number of halogens is 3. The van der Waals surface area contributed by atoms with Gasteiger partial charge in [-0.3, -0.25) is 18.9 Å². The molecule has 3 aromatic rings. The van der Waals surface area contributed by atoms with Crippen molar-refractivity contribution in [3.63, 3.8) is 0 Å². The Labute approximate surface area is 199 Å². The topological polar surface area (TPSA) is 95.7 Å². The van der Waals surface area contributed by atoms with Crippen molar-refractivity contribution in [1.29, 1.82) is 0 Å². The predicted molar refractivity (Wildman–Crippen MR) is 122 cm³/mol. The summed E-state index contributed by atoms with van der Waals surface area (Å²) in [4.78, 5) is 14.8. The van der Waals surface area contributed by atoms with Crippen molar-refractivity contribution in [3.8, 4) is 28.3 Å². The Morgan fingerprint density at radius 3 is 2.37 bits per heavy atom. The minimum Gasteiger partial charge on any atom is -0.491 e. The third kappa shape index (κ3) is 6.42. The molecular formula is C22H23F3N4O5S. The van der Waals surface area contributed by atoms with Crippen LogP contribution in [-0.4, -0.2) is 71.8 Å². The van der Waals surface area contributed by atoms with Gasteiger partial charge in [0.15, 0.2) is 9.84 Å². The van der Waals surface area contributed by atoms with E-state index in [1.165, 1.54) is 22.8 Å². The molecule has 1 aromatic carbocycles. The summed E-state index contributed by atoms with van der Waals surface area (Å²) in [6.07, 6.45) is 0.0780. The average Bonchev–Trinajstić information content (AvgIpc) is 3.21. The van der Waals surface area contributed by atoms with Gasteiger partial charge >= 0.3 is 6.36 Å². The number of ether oxygens (including phenoxy) is 2. The summed E-state index contributed by atoms with van der Waals surface area (Å²) in [6, 6.07) is 6.26. The standard InChI is InChI=1S/C22H23F3N4O5S/c1-27-14-16(13-26-27)19-15-29(17-2-4-18(5-3-17)34-22(23,24)25)21(30)12-20(19)33-9-6-28-7-10-35(31,32)11-8-28/h2-5,12-15H,6-11H2,1H3. The molecule has 0 aliphatic carbocycles. The highest BCUT2D eigenvalue weighted by Gasteiger charge is 2.31. The molecule has 0 amide bonds. The maximum atomic E-state index is 12.9. The Hall–Kier alpha value is -3.32. The molecule has 4 rings (SSSR count). The largest absolute Gasteiger partial charge is 0.573 e. The highest BCUT2D eigenvalue weighted by Crippen LogP contribution is 2.30. The number of hydrogen-bond acceptors (Lipinski definition) is 7. The molecule has 0 unspecified atom stereocenters. The first-order valence-electron chi connectivity index (χ1n) is 10.7. The number of aromatic nitrogens is 3. The Kier molecular flexibility index (Phi) is 6.90. The fourth-order valence-electron chi connectivity index (χ4n) is 3.68. The van der Waals surface area contributed by atoms with Crippen LogP contribution < -0.4 is 15.0 Å². The van der Waals surface area contributed by atoms with Gasteiger partial charge in [-0.05, 0) is 24.3 Å². The van der Waals surface area contributed by atoms with Crippen molar-refractivity contribution in [2.24, 2.45) is 7.05 Å². The zero-order valence-corrected chi connectivity index (χ0v) is 19.6. The normalized spacial score (nSPS) is 16.2. The van der Waals surface area contributed by atoms with E-state index in [0.29, 0.717) is 42.2 Å². The molecule has 188 valence electrons. The van der Waals surface area contributed by atoms with E-state index in [0.717, 1.165) is 12.1 Å². The fourth-order valence-corrected chi connectivity index (χ4v) is 4.96. The van der Waals surface area contributed by atoms with Crippen LogP contribution in [0, 0.1) is 0 Å². The molecule has 1 saturated heterocycles. The molecular weight excluding hydrogens is 489 g/mol. The van der Waals surface area contributed by atoms with Crippen molar-refractivity contribution in [3.05, 3.63) is 59.3 Å². The lowest BCUT2D eigenvalue weighted by atomic mass is 10.1. The van der Waals surface area contributed by atoms with Gasteiger partial charge in [-0.1, -0.05) is 0 Å². The number of alkyl halides is 3. The third-order valence-corrected chi connectivity index (χ3v) is 7.09. The number of pyridine rings is 1. The summed E-state index contributed by atoms with van der Waals surface area (Å²) < 4.78 is 73.2. The van der Waals surface area contributed by atoms with E-state index in [2.05, 4.69) is 9.84 Å². The molecule has 1 fully saturated rings. The van der Waals surface area contributed by atoms with Gasteiger partial charge in [0.2, 0.25) is 0 Å². The van der Waals surface area contributed by atoms with Crippen LogP contribution in [0.1, 0.15) is 0 Å². The molecule has 35 heavy (non-hydrogen) atoms. The lowest BCUT2D eigenvalue weighted by Crippen LogP contribution is -2.42. The molecule has 0 N–H and O–H groups in total. The molecule has 0 bridgehead atoms. The summed E-state index contributed by atoms with van der Waals surface area (Å²) >= 11 is 0. The van der Waals surface area contributed by atoms with Crippen molar-refractivity contribution >= 4 is 9.84 Å². The van der Waals surface area contributed by atoms with E-state index in [4.69, 9.17) is 4.74 Å². The van der Waals surface area contributed by atoms with E-state index < -0.39 is 27.5 Å². The quantitative estimate of drug-likeness (QED) is 0.479. The van der Waals surface area contributed by atoms with Crippen LogP contribution in [0.15, 0.2) is 53.7 Å². The van der Waals surface area contributed by atoms with Crippen molar-refractivity contribution in [1.82, 2.24) is 19.2 Å². The zero-order chi connectivity index (χ0) is 25.2. The summed E-state index contributed by atoms with van der Waals surface area (Å²) in [5, 5.41) is 4.16. The van der Waals surface area contributed by atoms with Crippen molar-refractivity contribution < 1.29 is 31.1 Å². The average molecular weight is 513 g/mol. The lowest BCUT2D eigenvalue weighted by Gasteiger charge is -2.26. The highest BCUT2D eigenvalue weighted by molar-refractivity contribution is 7.91. The fraction of sp³-hybridized carbons (Fsp3) is 0.364. The van der Waals surface area contributed by atoms with E-state index in [1.54, 1.807) is 30.3 Å². The second-order valence-electron chi connectivity index (χ2n) is 8.05. The van der Waals surface area contributed by atoms with Crippen LogP contribution in [0.3, 0.4) is 0 Å². The van der Waals surface area contributed by atoms with Crippen molar-refractivity contribution in [2.45, 2.75) is 6.36 Å². The molecule has 0 atom stereocenters. The number of rotatable bonds is 7. The molecule has 3 heterocycles. The molecule has 0 saturated carbocycles. The lowest BCUT2D eigenvalue weighted by molar-refractivity contribution is -0.274. The number of sulfone groups is 1. The molecule has 9 nitrogen and oxygen atoms in total. The molecule has 1 aliphatic rings. The summed E-state index contributed by atoms with van der Waals surface area (Å²) in [6.45, 7) is 1.58. The van der Waals surface area contributed by atoms with E-state index in [-0.39, 0.29) is 18.1 Å². The third-order valence-electron chi connectivity index (χ3n) is 5.48. The summed E-state index contributed by atoms with van der Waals surface area (Å²) in [7, 11) is -1.24. The maximum Gasteiger partial charge on any atom is 0.573 e. The SMILES string of the molecule is Cn1cc(-c2cn(-c3ccc(OC(F)(F)F)cc3)c(=O)cc2OCCN2CCS(=O)(=O)CC2)cn1. The Morgan fingerprint density at radius 2 is 1.77 bits per heavy atom. The molecule has 0 radical (unpaired) electrons. The minimum absolute atomic E-state index is 0.108. The Balaban J connectivity index is 1.57. The van der Waals surface area contributed by atoms with Crippen LogP contribution in [0.5, 0.6) is 11.5 Å². The monoisotopic (exact) mass is 512 g/mol. The first-order chi connectivity index (χ1) is 16.5. The van der Waals surface area contributed by atoms with Gasteiger partial charge in [-0.25, -0.2) is 8.42 Å². The van der Waals surface area contributed by atoms with Gasteiger partial charge < -0.3 is 9.47 Å². The highest BCUT2D eigenvalue weighted by atomic mass is 32.2. The van der Waals surface area contributed by atoms with Gasteiger partial charge in [0.05, 0.1) is 17.7 Å². The number of aryl methyl sites for hydroxylation is 1. The van der Waals surface area contributed by atoms with Gasteiger partial charge in [0.1, 0.15) is 18.1 Å². The molecule has 1 aliphatic heterocycles. The predicted octanol–water partition coefficient (Wildman–Crippen LogP) is 2.25. The molecule has 2 aromatic heterocycles. The van der Waals surface area contributed by atoms with E-state index in [9.17, 15) is 26.4 Å². The van der Waals surface area contributed by atoms with Crippen LogP contribution in [0.2, 0.25) is 0 Å². The maximum absolute atomic E-state index is 12.9. The van der Waals surface area contributed by atoms with Gasteiger partial charge in [0.25, 0.3) is 5.56 Å². The van der Waals surface area contributed by atoms with E-state index in [1.807, 2.05) is 4.90 Å². The smallest absolute Gasteiger partial charge is 0.491 e. The van der Waals surface area contributed by atoms with Crippen LogP contribution >= 0.6 is 0 Å². The van der Waals surface area contributed by atoms with Gasteiger partial charge in [-0.15, -0.1) is 13.2 Å². The number of benzene rings is 1. The minimum atomic E-state index is -4.81. The van der Waals surface area contributed by atoms with Crippen LogP contribution in [0.25, 0.3) is 16.8 Å². The number of nitrogens with zero attached hydrogens (tertiary/aromatic N) is 4. The Morgan fingerprint density at radius 1 is 1.09 bits per heavy atom. The van der Waals surface area contributed by atoms with Crippen LogP contribution in [0.4, 0.5) is 13.2 Å². The van der Waals surface area contributed by atoms with E-state index >= 15 is 0 Å². The van der Waals surface area contributed by atoms with Gasteiger partial charge in [0, 0.05) is 62.0 Å². The second-order valence-corrected chi connectivity index (χ2v) is 10.3. The van der Waals surface area contributed by atoms with Crippen molar-refractivity contribution in [2.75, 3.05) is 37.7 Å². The molecule has 13 heteroatoms. The summed E-state index contributed by atoms with van der Waals surface area (Å²) in [5.41, 5.74) is 1.14. The second kappa shape index (κ2) is 9.74.